The van der Waals surface area contributed by atoms with E-state index in [2.05, 4.69) is 5.32 Å². The van der Waals surface area contributed by atoms with Crippen molar-refractivity contribution >= 4 is 5.91 Å². The standard InChI is InChI=1S/C9H18N2O2/c1-3-10-5-4-8(12)11-6-9(2,13)7-11/h10,13H,3-7H2,1-2H3. The molecule has 0 spiro atoms. The number of nitrogens with zero attached hydrogens (tertiary/aromatic N) is 1. The number of β-amino-alcohol motifs (C(OH)–C–C–N with tert-alkyl or cyclic N) is 1. The normalized spacial score (nSPS) is 19.8. The maximum atomic E-state index is 11.4. The van der Waals surface area contributed by atoms with Gasteiger partial charge in [0.05, 0.1) is 18.7 Å². The lowest BCUT2D eigenvalue weighted by atomic mass is 9.96. The summed E-state index contributed by atoms with van der Waals surface area (Å²) in [7, 11) is 0. The number of hydrogen-bond donors (Lipinski definition) is 2. The van der Waals surface area contributed by atoms with Crippen LogP contribution < -0.4 is 5.32 Å². The second-order valence-corrected chi connectivity index (χ2v) is 3.85. The topological polar surface area (TPSA) is 52.6 Å². The first-order chi connectivity index (χ1) is 6.05. The Kier molecular flexibility index (Phi) is 3.27. The summed E-state index contributed by atoms with van der Waals surface area (Å²) in [4.78, 5) is 13.1. The summed E-state index contributed by atoms with van der Waals surface area (Å²) in [5, 5.41) is 12.5. The van der Waals surface area contributed by atoms with Crippen LogP contribution in [0.15, 0.2) is 0 Å². The van der Waals surface area contributed by atoms with E-state index in [-0.39, 0.29) is 5.91 Å². The number of likely N-dealkylation sites (tertiary alicyclic amines) is 1. The van der Waals surface area contributed by atoms with Crippen LogP contribution in [-0.2, 0) is 4.79 Å². The van der Waals surface area contributed by atoms with Gasteiger partial charge in [0.1, 0.15) is 0 Å². The van der Waals surface area contributed by atoms with Gasteiger partial charge in [-0.2, -0.15) is 0 Å². The molecule has 4 nitrogen and oxygen atoms in total. The lowest BCUT2D eigenvalue weighted by molar-refractivity contribution is -0.152. The van der Waals surface area contributed by atoms with Crippen LogP contribution in [0.1, 0.15) is 20.3 Å². The first-order valence-electron chi connectivity index (χ1n) is 4.76. The summed E-state index contributed by atoms with van der Waals surface area (Å²) in [6.07, 6.45) is 0.532. The zero-order valence-electron chi connectivity index (χ0n) is 8.34. The first kappa shape index (κ1) is 10.5. The van der Waals surface area contributed by atoms with E-state index in [1.807, 2.05) is 6.92 Å². The Morgan fingerprint density at radius 3 is 2.69 bits per heavy atom. The largest absolute Gasteiger partial charge is 0.386 e. The molecule has 1 aliphatic rings. The highest BCUT2D eigenvalue weighted by Crippen LogP contribution is 2.19. The van der Waals surface area contributed by atoms with E-state index in [0.29, 0.717) is 19.5 Å². The molecular weight excluding hydrogens is 168 g/mol. The third-order valence-electron chi connectivity index (χ3n) is 2.18. The molecule has 1 amide bonds. The molecule has 4 heteroatoms. The predicted octanol–water partition coefficient (Wildman–Crippen LogP) is -0.421. The molecule has 76 valence electrons. The number of nitrogens with one attached hydrogen (secondary N) is 1. The Balaban J connectivity index is 2.12. The van der Waals surface area contributed by atoms with E-state index in [1.165, 1.54) is 0 Å². The molecule has 1 rings (SSSR count). The molecule has 0 unspecified atom stereocenters. The maximum absolute atomic E-state index is 11.4. The first-order valence-corrected chi connectivity index (χ1v) is 4.76. The summed E-state index contributed by atoms with van der Waals surface area (Å²) < 4.78 is 0. The van der Waals surface area contributed by atoms with Crippen LogP contribution in [0.25, 0.3) is 0 Å². The van der Waals surface area contributed by atoms with E-state index in [0.717, 1.165) is 13.1 Å². The quantitative estimate of drug-likeness (QED) is 0.586. The van der Waals surface area contributed by atoms with Crippen molar-refractivity contribution < 1.29 is 9.90 Å². The van der Waals surface area contributed by atoms with Crippen molar-refractivity contribution in [1.29, 1.82) is 0 Å². The Morgan fingerprint density at radius 2 is 2.23 bits per heavy atom. The average Bonchev–Trinajstić information content (AvgIpc) is 2.00. The van der Waals surface area contributed by atoms with Gasteiger partial charge in [-0.25, -0.2) is 0 Å². The molecule has 0 saturated carbocycles. The van der Waals surface area contributed by atoms with E-state index < -0.39 is 5.60 Å². The van der Waals surface area contributed by atoms with Crippen molar-refractivity contribution in [1.82, 2.24) is 10.2 Å². The number of hydrogen-bond acceptors (Lipinski definition) is 3. The Bertz CT molecular complexity index is 184. The number of aliphatic hydroxyl groups is 1. The van der Waals surface area contributed by atoms with Crippen molar-refractivity contribution in [3.63, 3.8) is 0 Å². The molecule has 0 atom stereocenters. The van der Waals surface area contributed by atoms with Gasteiger partial charge in [0, 0.05) is 13.0 Å². The summed E-state index contributed by atoms with van der Waals surface area (Å²) in [6.45, 7) is 6.36. The molecule has 13 heavy (non-hydrogen) atoms. The number of carbonyl (C=O) groups excluding carboxylic acids is 1. The van der Waals surface area contributed by atoms with Crippen molar-refractivity contribution in [2.24, 2.45) is 0 Å². The van der Waals surface area contributed by atoms with Crippen molar-refractivity contribution in [2.75, 3.05) is 26.2 Å². The Morgan fingerprint density at radius 1 is 1.62 bits per heavy atom. The van der Waals surface area contributed by atoms with E-state index in [4.69, 9.17) is 0 Å². The molecule has 0 aromatic rings. The Labute approximate surface area is 78.9 Å². The highest BCUT2D eigenvalue weighted by Gasteiger charge is 2.38. The van der Waals surface area contributed by atoms with Gasteiger partial charge in [-0.3, -0.25) is 4.79 Å². The van der Waals surface area contributed by atoms with Crippen molar-refractivity contribution in [3.05, 3.63) is 0 Å². The van der Waals surface area contributed by atoms with Crippen LogP contribution in [0.4, 0.5) is 0 Å². The highest BCUT2D eigenvalue weighted by atomic mass is 16.3. The van der Waals surface area contributed by atoms with Crippen LogP contribution >= 0.6 is 0 Å². The molecule has 1 fully saturated rings. The molecule has 1 heterocycles. The molecule has 0 bridgehead atoms. The maximum Gasteiger partial charge on any atom is 0.224 e. The molecule has 1 saturated heterocycles. The van der Waals surface area contributed by atoms with Crippen LogP contribution in [0, 0.1) is 0 Å². The van der Waals surface area contributed by atoms with Gasteiger partial charge in [-0.15, -0.1) is 0 Å². The van der Waals surface area contributed by atoms with Gasteiger partial charge in [0.15, 0.2) is 0 Å². The number of amides is 1. The summed E-state index contributed by atoms with van der Waals surface area (Å²) in [5.41, 5.74) is -0.645. The third kappa shape index (κ3) is 2.97. The summed E-state index contributed by atoms with van der Waals surface area (Å²) in [6, 6.07) is 0. The lowest BCUT2D eigenvalue weighted by Crippen LogP contribution is -2.61. The van der Waals surface area contributed by atoms with E-state index in [9.17, 15) is 9.90 Å². The van der Waals surface area contributed by atoms with E-state index in [1.54, 1.807) is 11.8 Å². The van der Waals surface area contributed by atoms with Crippen LogP contribution in [-0.4, -0.2) is 47.7 Å². The lowest BCUT2D eigenvalue weighted by Gasteiger charge is -2.44. The van der Waals surface area contributed by atoms with Crippen molar-refractivity contribution in [3.8, 4) is 0 Å². The highest BCUT2D eigenvalue weighted by molar-refractivity contribution is 5.77. The molecule has 0 aromatic carbocycles. The van der Waals surface area contributed by atoms with Crippen LogP contribution in [0.5, 0.6) is 0 Å². The van der Waals surface area contributed by atoms with Gasteiger partial charge in [0.25, 0.3) is 0 Å². The number of carbonyl (C=O) groups is 1. The third-order valence-corrected chi connectivity index (χ3v) is 2.18. The molecular formula is C9H18N2O2. The zero-order valence-corrected chi connectivity index (χ0v) is 8.34. The SMILES string of the molecule is CCNCCC(=O)N1CC(C)(O)C1. The summed E-state index contributed by atoms with van der Waals surface area (Å²) >= 11 is 0. The fraction of sp³-hybridized carbons (Fsp3) is 0.889. The smallest absolute Gasteiger partial charge is 0.224 e. The fourth-order valence-electron chi connectivity index (χ4n) is 1.48. The van der Waals surface area contributed by atoms with Gasteiger partial charge >= 0.3 is 0 Å². The second kappa shape index (κ2) is 4.07. The van der Waals surface area contributed by atoms with Gasteiger partial charge in [-0.1, -0.05) is 6.92 Å². The minimum Gasteiger partial charge on any atom is -0.386 e. The van der Waals surface area contributed by atoms with Crippen LogP contribution in [0.2, 0.25) is 0 Å². The molecule has 1 aliphatic heterocycles. The minimum atomic E-state index is -0.645. The zero-order chi connectivity index (χ0) is 9.90. The minimum absolute atomic E-state index is 0.132. The fourth-order valence-corrected chi connectivity index (χ4v) is 1.48. The number of rotatable bonds is 4. The van der Waals surface area contributed by atoms with Crippen LogP contribution in [0.3, 0.4) is 0 Å². The van der Waals surface area contributed by atoms with Gasteiger partial charge in [0.2, 0.25) is 5.91 Å². The molecule has 2 N–H and O–H groups in total. The Hall–Kier alpha value is -0.610. The summed E-state index contributed by atoms with van der Waals surface area (Å²) in [5.74, 6) is 0.132. The molecule has 0 radical (unpaired) electrons. The predicted molar refractivity (Wildman–Crippen MR) is 50.4 cm³/mol. The van der Waals surface area contributed by atoms with Crippen molar-refractivity contribution in [2.45, 2.75) is 25.9 Å². The molecule has 0 aliphatic carbocycles. The van der Waals surface area contributed by atoms with Gasteiger partial charge in [-0.05, 0) is 13.5 Å². The van der Waals surface area contributed by atoms with E-state index >= 15 is 0 Å². The second-order valence-electron chi connectivity index (χ2n) is 3.85. The van der Waals surface area contributed by atoms with Gasteiger partial charge < -0.3 is 15.3 Å². The average molecular weight is 186 g/mol. The molecule has 0 aromatic heterocycles. The monoisotopic (exact) mass is 186 g/mol.